The third-order valence-electron chi connectivity index (χ3n) is 2.72. The summed E-state index contributed by atoms with van der Waals surface area (Å²) >= 11 is 0. The maximum Gasteiger partial charge on any atom is 0.339 e. The van der Waals surface area contributed by atoms with E-state index in [2.05, 4.69) is 22.4 Å². The van der Waals surface area contributed by atoms with E-state index in [9.17, 15) is 4.79 Å². The SMILES string of the molecule is CCC1CC1Nc1nnccc1C(=O)O. The summed E-state index contributed by atoms with van der Waals surface area (Å²) in [6.45, 7) is 2.13. The molecule has 1 heterocycles. The van der Waals surface area contributed by atoms with Gasteiger partial charge in [0.2, 0.25) is 0 Å². The molecule has 1 saturated carbocycles. The minimum absolute atomic E-state index is 0.187. The standard InChI is InChI=1S/C10H13N3O2/c1-2-6-5-8(6)12-9-7(10(14)15)3-4-11-13-9/h3-4,6,8H,2,5H2,1H3,(H,12,13)(H,14,15). The van der Waals surface area contributed by atoms with E-state index in [-0.39, 0.29) is 5.56 Å². The molecule has 1 fully saturated rings. The molecule has 5 nitrogen and oxygen atoms in total. The van der Waals surface area contributed by atoms with Crippen molar-refractivity contribution in [3.8, 4) is 0 Å². The maximum absolute atomic E-state index is 10.9. The van der Waals surface area contributed by atoms with E-state index in [0.717, 1.165) is 12.8 Å². The number of rotatable bonds is 4. The molecule has 1 aliphatic carbocycles. The molecule has 1 aromatic rings. The van der Waals surface area contributed by atoms with Gasteiger partial charge in [-0.3, -0.25) is 0 Å². The van der Waals surface area contributed by atoms with Gasteiger partial charge in [-0.1, -0.05) is 13.3 Å². The quantitative estimate of drug-likeness (QED) is 0.780. The zero-order chi connectivity index (χ0) is 10.8. The largest absolute Gasteiger partial charge is 0.478 e. The monoisotopic (exact) mass is 207 g/mol. The fourth-order valence-electron chi connectivity index (χ4n) is 1.66. The highest BCUT2D eigenvalue weighted by molar-refractivity contribution is 5.92. The second kappa shape index (κ2) is 3.84. The molecule has 2 atom stereocenters. The van der Waals surface area contributed by atoms with Gasteiger partial charge in [-0.15, -0.1) is 5.10 Å². The summed E-state index contributed by atoms with van der Waals surface area (Å²) in [4.78, 5) is 10.9. The van der Waals surface area contributed by atoms with E-state index < -0.39 is 5.97 Å². The summed E-state index contributed by atoms with van der Waals surface area (Å²) in [5.41, 5.74) is 0.187. The fraction of sp³-hybridized carbons (Fsp3) is 0.500. The lowest BCUT2D eigenvalue weighted by Crippen LogP contribution is -2.12. The number of carboxylic acids is 1. The Labute approximate surface area is 87.5 Å². The highest BCUT2D eigenvalue weighted by Gasteiger charge is 2.36. The number of hydrogen-bond donors (Lipinski definition) is 2. The number of carboxylic acid groups (broad SMARTS) is 1. The molecule has 2 rings (SSSR count). The Hall–Kier alpha value is -1.65. The van der Waals surface area contributed by atoms with Crippen molar-refractivity contribution in [2.45, 2.75) is 25.8 Å². The number of nitrogens with one attached hydrogen (secondary N) is 1. The summed E-state index contributed by atoms with van der Waals surface area (Å²) in [5, 5.41) is 19.5. The lowest BCUT2D eigenvalue weighted by Gasteiger charge is -2.05. The van der Waals surface area contributed by atoms with Gasteiger partial charge in [0.05, 0.1) is 6.20 Å². The first-order chi connectivity index (χ1) is 7.22. The van der Waals surface area contributed by atoms with Crippen LogP contribution in [-0.2, 0) is 0 Å². The van der Waals surface area contributed by atoms with Gasteiger partial charge in [0.25, 0.3) is 0 Å². The third-order valence-corrected chi connectivity index (χ3v) is 2.72. The third kappa shape index (κ3) is 2.06. The molecule has 2 unspecified atom stereocenters. The van der Waals surface area contributed by atoms with Crippen LogP contribution in [-0.4, -0.2) is 27.3 Å². The zero-order valence-corrected chi connectivity index (χ0v) is 8.47. The summed E-state index contributed by atoms with van der Waals surface area (Å²) < 4.78 is 0. The Morgan fingerprint density at radius 2 is 2.53 bits per heavy atom. The van der Waals surface area contributed by atoms with Crippen LogP contribution in [0, 0.1) is 5.92 Å². The van der Waals surface area contributed by atoms with Gasteiger partial charge in [0, 0.05) is 6.04 Å². The van der Waals surface area contributed by atoms with Crippen molar-refractivity contribution < 1.29 is 9.90 Å². The first-order valence-corrected chi connectivity index (χ1v) is 5.04. The number of nitrogens with zero attached hydrogens (tertiary/aromatic N) is 2. The minimum Gasteiger partial charge on any atom is -0.478 e. The molecular weight excluding hydrogens is 194 g/mol. The van der Waals surface area contributed by atoms with Crippen LogP contribution in [0.5, 0.6) is 0 Å². The molecule has 80 valence electrons. The molecule has 0 spiro atoms. The van der Waals surface area contributed by atoms with Crippen LogP contribution in [0.2, 0.25) is 0 Å². The molecule has 1 aromatic heterocycles. The topological polar surface area (TPSA) is 75.1 Å². The van der Waals surface area contributed by atoms with Crippen LogP contribution in [0.25, 0.3) is 0 Å². The van der Waals surface area contributed by atoms with Crippen molar-refractivity contribution >= 4 is 11.8 Å². The normalized spacial score (nSPS) is 23.5. The molecule has 0 bridgehead atoms. The lowest BCUT2D eigenvalue weighted by atomic mass is 10.2. The predicted molar refractivity (Wildman–Crippen MR) is 54.8 cm³/mol. The number of carbonyl (C=O) groups is 1. The lowest BCUT2D eigenvalue weighted by molar-refractivity contribution is 0.0697. The number of aromatic carboxylic acids is 1. The summed E-state index contributed by atoms with van der Waals surface area (Å²) in [6.07, 6.45) is 3.59. The second-order valence-corrected chi connectivity index (χ2v) is 3.75. The Morgan fingerprint density at radius 1 is 1.73 bits per heavy atom. The summed E-state index contributed by atoms with van der Waals surface area (Å²) in [6, 6.07) is 1.82. The number of aromatic nitrogens is 2. The number of anilines is 1. The second-order valence-electron chi connectivity index (χ2n) is 3.75. The van der Waals surface area contributed by atoms with Crippen molar-refractivity contribution in [1.82, 2.24) is 10.2 Å². The highest BCUT2D eigenvalue weighted by Crippen LogP contribution is 2.36. The van der Waals surface area contributed by atoms with Gasteiger partial charge in [-0.2, -0.15) is 5.10 Å². The molecular formula is C10H13N3O2. The first-order valence-electron chi connectivity index (χ1n) is 5.04. The first kappa shape index (κ1) is 9.89. The molecule has 5 heteroatoms. The van der Waals surface area contributed by atoms with Crippen LogP contribution in [0.3, 0.4) is 0 Å². The van der Waals surface area contributed by atoms with Crippen LogP contribution in [0.1, 0.15) is 30.1 Å². The molecule has 15 heavy (non-hydrogen) atoms. The molecule has 0 amide bonds. The Kier molecular flexibility index (Phi) is 2.53. The molecule has 0 aromatic carbocycles. The molecule has 1 aliphatic rings. The van der Waals surface area contributed by atoms with E-state index >= 15 is 0 Å². The molecule has 0 radical (unpaired) electrons. The summed E-state index contributed by atoms with van der Waals surface area (Å²) in [5.74, 6) is 0.0562. The van der Waals surface area contributed by atoms with Gasteiger partial charge >= 0.3 is 5.97 Å². The van der Waals surface area contributed by atoms with E-state index in [4.69, 9.17) is 5.11 Å². The van der Waals surface area contributed by atoms with Crippen molar-refractivity contribution in [2.24, 2.45) is 5.92 Å². The van der Waals surface area contributed by atoms with Crippen LogP contribution >= 0.6 is 0 Å². The van der Waals surface area contributed by atoms with Gasteiger partial charge in [0.1, 0.15) is 5.56 Å². The van der Waals surface area contributed by atoms with Crippen molar-refractivity contribution in [2.75, 3.05) is 5.32 Å². The Morgan fingerprint density at radius 3 is 3.13 bits per heavy atom. The number of hydrogen-bond acceptors (Lipinski definition) is 4. The average Bonchev–Trinajstić information content (AvgIpc) is 2.97. The van der Waals surface area contributed by atoms with E-state index in [1.54, 1.807) is 0 Å². The smallest absolute Gasteiger partial charge is 0.339 e. The van der Waals surface area contributed by atoms with Crippen LogP contribution in [0.4, 0.5) is 5.82 Å². The van der Waals surface area contributed by atoms with Gasteiger partial charge in [0.15, 0.2) is 5.82 Å². The van der Waals surface area contributed by atoms with Crippen LogP contribution in [0.15, 0.2) is 12.3 Å². The molecule has 2 N–H and O–H groups in total. The van der Waals surface area contributed by atoms with Crippen molar-refractivity contribution in [3.63, 3.8) is 0 Å². The molecule has 0 aliphatic heterocycles. The highest BCUT2D eigenvalue weighted by atomic mass is 16.4. The van der Waals surface area contributed by atoms with E-state index in [1.165, 1.54) is 12.3 Å². The van der Waals surface area contributed by atoms with Gasteiger partial charge in [-0.25, -0.2) is 4.79 Å². The van der Waals surface area contributed by atoms with Gasteiger partial charge in [-0.05, 0) is 18.4 Å². The van der Waals surface area contributed by atoms with Crippen molar-refractivity contribution in [3.05, 3.63) is 17.8 Å². The Bertz CT molecular complexity index is 381. The zero-order valence-electron chi connectivity index (χ0n) is 8.47. The fourth-order valence-corrected chi connectivity index (χ4v) is 1.66. The maximum atomic E-state index is 10.9. The average molecular weight is 207 g/mol. The van der Waals surface area contributed by atoms with Crippen molar-refractivity contribution in [1.29, 1.82) is 0 Å². The van der Waals surface area contributed by atoms with E-state index in [0.29, 0.717) is 17.8 Å². The molecule has 0 saturated heterocycles. The minimum atomic E-state index is -0.971. The summed E-state index contributed by atoms with van der Waals surface area (Å²) in [7, 11) is 0. The van der Waals surface area contributed by atoms with Gasteiger partial charge < -0.3 is 10.4 Å². The van der Waals surface area contributed by atoms with E-state index in [1.807, 2.05) is 0 Å². The predicted octanol–water partition coefficient (Wildman–Crippen LogP) is 1.39. The Balaban J connectivity index is 2.11. The van der Waals surface area contributed by atoms with Crippen LogP contribution < -0.4 is 5.32 Å².